The molecule has 1 nitrogen and oxygen atoms in total. The van der Waals surface area contributed by atoms with E-state index in [1.807, 2.05) is 12.1 Å². The van der Waals surface area contributed by atoms with E-state index < -0.39 is 11.7 Å². The van der Waals surface area contributed by atoms with Gasteiger partial charge in [-0.1, -0.05) is 25.5 Å². The summed E-state index contributed by atoms with van der Waals surface area (Å²) in [5.74, 6) is 0.745. The summed E-state index contributed by atoms with van der Waals surface area (Å²) in [7, 11) is 0. The first-order valence-corrected chi connectivity index (χ1v) is 7.26. The van der Waals surface area contributed by atoms with Crippen molar-refractivity contribution in [3.63, 3.8) is 0 Å². The third-order valence-electron chi connectivity index (χ3n) is 3.64. The standard InChI is InChI=1S/C18H19F3O/c1-4-5-14-6-8-15(9-7-14)22-16-10-12(2)13(3)17(11-16)18(19,20)21/h6-11H,4-5H2,1-3H3. The molecular weight excluding hydrogens is 289 g/mol. The molecule has 0 saturated carbocycles. The summed E-state index contributed by atoms with van der Waals surface area (Å²) in [5.41, 5.74) is 1.33. The van der Waals surface area contributed by atoms with Crippen LogP contribution in [0.3, 0.4) is 0 Å². The Morgan fingerprint density at radius 2 is 1.59 bits per heavy atom. The van der Waals surface area contributed by atoms with E-state index in [0.717, 1.165) is 18.9 Å². The zero-order valence-electron chi connectivity index (χ0n) is 12.9. The SMILES string of the molecule is CCCc1ccc(Oc2cc(C)c(C)c(C(F)(F)F)c2)cc1. The van der Waals surface area contributed by atoms with Crippen LogP contribution in [0.25, 0.3) is 0 Å². The van der Waals surface area contributed by atoms with Crippen LogP contribution in [0.2, 0.25) is 0 Å². The molecule has 0 bridgehead atoms. The van der Waals surface area contributed by atoms with E-state index in [2.05, 4.69) is 6.92 Å². The predicted octanol–water partition coefficient (Wildman–Crippen LogP) is 6.07. The van der Waals surface area contributed by atoms with Gasteiger partial charge in [-0.2, -0.15) is 13.2 Å². The van der Waals surface area contributed by atoms with Crippen molar-refractivity contribution >= 4 is 0 Å². The highest BCUT2D eigenvalue weighted by molar-refractivity contribution is 5.44. The fourth-order valence-corrected chi connectivity index (χ4v) is 2.33. The Bertz CT molecular complexity index is 643. The van der Waals surface area contributed by atoms with Crippen LogP contribution in [-0.2, 0) is 12.6 Å². The first-order valence-electron chi connectivity index (χ1n) is 7.26. The van der Waals surface area contributed by atoms with Crippen molar-refractivity contribution in [2.75, 3.05) is 0 Å². The van der Waals surface area contributed by atoms with Gasteiger partial charge in [-0.05, 0) is 61.2 Å². The minimum atomic E-state index is -4.38. The number of ether oxygens (including phenoxy) is 1. The fraction of sp³-hybridized carbons (Fsp3) is 0.333. The van der Waals surface area contributed by atoms with Crippen LogP contribution in [0, 0.1) is 13.8 Å². The molecule has 0 aliphatic carbocycles. The van der Waals surface area contributed by atoms with Crippen LogP contribution in [0.5, 0.6) is 11.5 Å². The molecule has 0 fully saturated rings. The zero-order valence-corrected chi connectivity index (χ0v) is 12.9. The Kier molecular flexibility index (Phi) is 4.79. The van der Waals surface area contributed by atoms with Gasteiger partial charge in [0.05, 0.1) is 5.56 Å². The Balaban J connectivity index is 2.28. The van der Waals surface area contributed by atoms with Gasteiger partial charge in [-0.25, -0.2) is 0 Å². The Labute approximate surface area is 128 Å². The summed E-state index contributed by atoms with van der Waals surface area (Å²) in [6.45, 7) is 5.22. The van der Waals surface area contributed by atoms with Crippen molar-refractivity contribution in [1.29, 1.82) is 0 Å². The van der Waals surface area contributed by atoms with Gasteiger partial charge in [0.2, 0.25) is 0 Å². The van der Waals surface area contributed by atoms with Crippen molar-refractivity contribution in [2.45, 2.75) is 39.8 Å². The largest absolute Gasteiger partial charge is 0.457 e. The molecular formula is C18H19F3O. The molecule has 0 aromatic heterocycles. The molecule has 118 valence electrons. The second-order valence-corrected chi connectivity index (χ2v) is 5.41. The molecule has 0 unspecified atom stereocenters. The average Bonchev–Trinajstić information content (AvgIpc) is 2.44. The van der Waals surface area contributed by atoms with Crippen LogP contribution < -0.4 is 4.74 Å². The van der Waals surface area contributed by atoms with Crippen molar-refractivity contribution in [3.8, 4) is 11.5 Å². The highest BCUT2D eigenvalue weighted by Gasteiger charge is 2.33. The third-order valence-corrected chi connectivity index (χ3v) is 3.64. The molecule has 0 atom stereocenters. The van der Waals surface area contributed by atoms with Crippen molar-refractivity contribution < 1.29 is 17.9 Å². The molecule has 22 heavy (non-hydrogen) atoms. The molecule has 0 amide bonds. The normalized spacial score (nSPS) is 11.5. The van der Waals surface area contributed by atoms with Crippen LogP contribution in [0.1, 0.15) is 35.6 Å². The number of hydrogen-bond acceptors (Lipinski definition) is 1. The molecule has 0 heterocycles. The van der Waals surface area contributed by atoms with Crippen LogP contribution in [0.15, 0.2) is 36.4 Å². The molecule has 2 rings (SSSR count). The van der Waals surface area contributed by atoms with E-state index in [1.54, 1.807) is 25.1 Å². The first-order chi connectivity index (χ1) is 10.3. The van der Waals surface area contributed by atoms with E-state index in [9.17, 15) is 13.2 Å². The number of hydrogen-bond donors (Lipinski definition) is 0. The zero-order chi connectivity index (χ0) is 16.3. The molecule has 0 aliphatic heterocycles. The molecule has 4 heteroatoms. The summed E-state index contributed by atoms with van der Waals surface area (Å²) in [6.07, 6.45) is -2.35. The average molecular weight is 308 g/mol. The van der Waals surface area contributed by atoms with Gasteiger partial charge in [-0.15, -0.1) is 0 Å². The Morgan fingerprint density at radius 3 is 2.14 bits per heavy atom. The maximum atomic E-state index is 13.0. The molecule has 0 aliphatic rings. The van der Waals surface area contributed by atoms with E-state index in [-0.39, 0.29) is 11.3 Å². The Hall–Kier alpha value is -1.97. The summed E-state index contributed by atoms with van der Waals surface area (Å²) in [6, 6.07) is 10.1. The van der Waals surface area contributed by atoms with Crippen molar-refractivity contribution in [2.24, 2.45) is 0 Å². The van der Waals surface area contributed by atoms with E-state index in [0.29, 0.717) is 11.3 Å². The van der Waals surface area contributed by atoms with Gasteiger partial charge in [0, 0.05) is 0 Å². The second kappa shape index (κ2) is 6.42. The van der Waals surface area contributed by atoms with E-state index in [1.165, 1.54) is 12.5 Å². The van der Waals surface area contributed by atoms with E-state index in [4.69, 9.17) is 4.74 Å². The lowest BCUT2D eigenvalue weighted by molar-refractivity contribution is -0.138. The summed E-state index contributed by atoms with van der Waals surface area (Å²) in [5, 5.41) is 0. The lowest BCUT2D eigenvalue weighted by atomic mass is 10.0. The molecule has 0 radical (unpaired) electrons. The van der Waals surface area contributed by atoms with Gasteiger partial charge in [0.15, 0.2) is 0 Å². The lowest BCUT2D eigenvalue weighted by Crippen LogP contribution is -2.08. The highest BCUT2D eigenvalue weighted by Crippen LogP contribution is 2.36. The Morgan fingerprint density at radius 1 is 0.955 bits per heavy atom. The quantitative estimate of drug-likeness (QED) is 0.666. The number of rotatable bonds is 4. The molecule has 2 aromatic rings. The van der Waals surface area contributed by atoms with Crippen LogP contribution in [-0.4, -0.2) is 0 Å². The number of benzene rings is 2. The maximum Gasteiger partial charge on any atom is 0.416 e. The highest BCUT2D eigenvalue weighted by atomic mass is 19.4. The minimum Gasteiger partial charge on any atom is -0.457 e. The van der Waals surface area contributed by atoms with Crippen molar-refractivity contribution in [3.05, 3.63) is 58.7 Å². The topological polar surface area (TPSA) is 9.23 Å². The maximum absolute atomic E-state index is 13.0. The molecule has 0 spiro atoms. The summed E-state index contributed by atoms with van der Waals surface area (Å²) in [4.78, 5) is 0. The van der Waals surface area contributed by atoms with Gasteiger partial charge < -0.3 is 4.74 Å². The van der Waals surface area contributed by atoms with Gasteiger partial charge in [0.25, 0.3) is 0 Å². The van der Waals surface area contributed by atoms with Gasteiger partial charge in [-0.3, -0.25) is 0 Å². The predicted molar refractivity (Wildman–Crippen MR) is 81.4 cm³/mol. The molecule has 0 saturated heterocycles. The molecule has 0 N–H and O–H groups in total. The van der Waals surface area contributed by atoms with Gasteiger partial charge in [0.1, 0.15) is 11.5 Å². The first kappa shape index (κ1) is 16.4. The molecule has 2 aromatic carbocycles. The van der Waals surface area contributed by atoms with E-state index >= 15 is 0 Å². The van der Waals surface area contributed by atoms with Crippen molar-refractivity contribution in [1.82, 2.24) is 0 Å². The number of aryl methyl sites for hydroxylation is 2. The fourth-order valence-electron chi connectivity index (χ4n) is 2.33. The monoisotopic (exact) mass is 308 g/mol. The smallest absolute Gasteiger partial charge is 0.416 e. The second-order valence-electron chi connectivity index (χ2n) is 5.41. The van der Waals surface area contributed by atoms with Crippen LogP contribution >= 0.6 is 0 Å². The number of halogens is 3. The number of alkyl halides is 3. The van der Waals surface area contributed by atoms with Gasteiger partial charge >= 0.3 is 6.18 Å². The van der Waals surface area contributed by atoms with Crippen LogP contribution in [0.4, 0.5) is 13.2 Å². The third kappa shape index (κ3) is 3.81. The minimum absolute atomic E-state index is 0.207. The lowest BCUT2D eigenvalue weighted by Gasteiger charge is -2.15. The summed E-state index contributed by atoms with van der Waals surface area (Å²) >= 11 is 0. The summed E-state index contributed by atoms with van der Waals surface area (Å²) < 4.78 is 44.7.